The Kier molecular flexibility index (Phi) is 5.72. The molecule has 116 valence electrons. The average molecular weight is 318 g/mol. The minimum atomic E-state index is -0.385. The van der Waals surface area contributed by atoms with Crippen LogP contribution in [-0.2, 0) is 15.9 Å². The van der Waals surface area contributed by atoms with Gasteiger partial charge in [-0.2, -0.15) is 11.3 Å². The maximum Gasteiger partial charge on any atom is 0.338 e. The van der Waals surface area contributed by atoms with E-state index in [1.165, 1.54) is 0 Å². The molecule has 0 spiro atoms. The molecule has 22 heavy (non-hydrogen) atoms. The van der Waals surface area contributed by atoms with E-state index in [4.69, 9.17) is 9.47 Å². The number of carbonyl (C=O) groups excluding carboxylic acids is 2. The van der Waals surface area contributed by atoms with Crippen LogP contribution >= 0.6 is 11.3 Å². The lowest BCUT2D eigenvalue weighted by Crippen LogP contribution is -2.11. The number of rotatable bonds is 6. The highest BCUT2D eigenvalue weighted by Crippen LogP contribution is 2.20. The normalized spacial score (nSPS) is 10.3. The molecule has 0 saturated carbocycles. The number of hydrogen-bond acceptors (Lipinski definition) is 5. The first-order valence-corrected chi connectivity index (χ1v) is 8.08. The maximum atomic E-state index is 12.1. The van der Waals surface area contributed by atoms with Crippen LogP contribution in [0, 0.1) is 0 Å². The van der Waals surface area contributed by atoms with Crippen LogP contribution in [0.2, 0.25) is 0 Å². The van der Waals surface area contributed by atoms with Crippen LogP contribution in [-0.4, -0.2) is 25.2 Å². The molecule has 0 radical (unpaired) electrons. The van der Waals surface area contributed by atoms with Gasteiger partial charge in [0.2, 0.25) is 0 Å². The van der Waals surface area contributed by atoms with Gasteiger partial charge in [0, 0.05) is 0 Å². The number of esters is 2. The number of carbonyl (C=O) groups is 2. The van der Waals surface area contributed by atoms with Crippen molar-refractivity contribution in [3.05, 3.63) is 57.3 Å². The quantitative estimate of drug-likeness (QED) is 0.762. The van der Waals surface area contributed by atoms with Gasteiger partial charge in [-0.3, -0.25) is 0 Å². The largest absolute Gasteiger partial charge is 0.462 e. The number of hydrogen-bond donors (Lipinski definition) is 0. The first kappa shape index (κ1) is 16.2. The molecule has 0 atom stereocenters. The highest BCUT2D eigenvalue weighted by molar-refractivity contribution is 7.07. The maximum absolute atomic E-state index is 12.1. The van der Waals surface area contributed by atoms with Crippen molar-refractivity contribution in [3.8, 4) is 0 Å². The minimum Gasteiger partial charge on any atom is -0.462 e. The lowest BCUT2D eigenvalue weighted by atomic mass is 9.98. The Balaban J connectivity index is 2.36. The van der Waals surface area contributed by atoms with Crippen molar-refractivity contribution in [2.45, 2.75) is 20.3 Å². The van der Waals surface area contributed by atoms with E-state index >= 15 is 0 Å². The van der Waals surface area contributed by atoms with Gasteiger partial charge in [-0.25, -0.2) is 9.59 Å². The highest BCUT2D eigenvalue weighted by Gasteiger charge is 2.16. The van der Waals surface area contributed by atoms with Gasteiger partial charge in [0.05, 0.1) is 24.3 Å². The third kappa shape index (κ3) is 3.95. The van der Waals surface area contributed by atoms with Crippen molar-refractivity contribution >= 4 is 23.3 Å². The number of ether oxygens (including phenoxy) is 2. The summed E-state index contributed by atoms with van der Waals surface area (Å²) < 4.78 is 10.1. The van der Waals surface area contributed by atoms with Crippen LogP contribution in [0.4, 0.5) is 0 Å². The fourth-order valence-electron chi connectivity index (χ4n) is 2.10. The van der Waals surface area contributed by atoms with Gasteiger partial charge in [-0.1, -0.05) is 0 Å². The molecule has 1 heterocycles. The highest BCUT2D eigenvalue weighted by atomic mass is 32.1. The Morgan fingerprint density at radius 2 is 1.77 bits per heavy atom. The van der Waals surface area contributed by atoms with E-state index in [0.717, 1.165) is 11.1 Å². The molecule has 1 aromatic carbocycles. The van der Waals surface area contributed by atoms with Crippen molar-refractivity contribution in [3.63, 3.8) is 0 Å². The van der Waals surface area contributed by atoms with E-state index in [-0.39, 0.29) is 11.9 Å². The number of thiophene rings is 1. The van der Waals surface area contributed by atoms with Crippen LogP contribution in [0.15, 0.2) is 35.0 Å². The predicted molar refractivity (Wildman–Crippen MR) is 85.5 cm³/mol. The topological polar surface area (TPSA) is 52.6 Å². The van der Waals surface area contributed by atoms with Gasteiger partial charge in [-0.15, -0.1) is 0 Å². The van der Waals surface area contributed by atoms with Crippen molar-refractivity contribution in [1.29, 1.82) is 0 Å². The van der Waals surface area contributed by atoms with Gasteiger partial charge >= 0.3 is 11.9 Å². The zero-order chi connectivity index (χ0) is 15.9. The first-order chi connectivity index (χ1) is 10.7. The zero-order valence-electron chi connectivity index (χ0n) is 12.6. The summed E-state index contributed by atoms with van der Waals surface area (Å²) in [5.74, 6) is -0.757. The molecule has 0 saturated heterocycles. The molecule has 1 aromatic heterocycles. The second-order valence-corrected chi connectivity index (χ2v) is 5.40. The monoisotopic (exact) mass is 318 g/mol. The lowest BCUT2D eigenvalue weighted by Gasteiger charge is -2.10. The summed E-state index contributed by atoms with van der Waals surface area (Å²) in [7, 11) is 0. The van der Waals surface area contributed by atoms with Crippen LogP contribution < -0.4 is 0 Å². The van der Waals surface area contributed by atoms with E-state index in [2.05, 4.69) is 0 Å². The standard InChI is InChI=1S/C17H18O4S/c1-3-20-16(18)13-5-6-15(17(19)21-4-2)14(10-13)9-12-7-8-22-11-12/h5-8,10-11H,3-4,9H2,1-2H3. The fraction of sp³-hybridized carbons (Fsp3) is 0.294. The Morgan fingerprint density at radius 1 is 1.05 bits per heavy atom. The molecule has 0 bridgehead atoms. The van der Waals surface area contributed by atoms with E-state index in [1.54, 1.807) is 43.4 Å². The van der Waals surface area contributed by atoms with Crippen molar-refractivity contribution in [2.75, 3.05) is 13.2 Å². The molecule has 0 N–H and O–H groups in total. The van der Waals surface area contributed by atoms with Crippen molar-refractivity contribution in [1.82, 2.24) is 0 Å². The van der Waals surface area contributed by atoms with Gasteiger partial charge in [0.25, 0.3) is 0 Å². The van der Waals surface area contributed by atoms with Gasteiger partial charge in [0.1, 0.15) is 0 Å². The summed E-state index contributed by atoms with van der Waals surface area (Å²) >= 11 is 1.59. The molecule has 2 aromatic rings. The third-order valence-corrected chi connectivity index (χ3v) is 3.82. The molecule has 2 rings (SSSR count). The van der Waals surface area contributed by atoms with Gasteiger partial charge in [-0.05, 0) is 66.4 Å². The summed E-state index contributed by atoms with van der Waals surface area (Å²) in [4.78, 5) is 23.9. The van der Waals surface area contributed by atoms with Crippen LogP contribution in [0.1, 0.15) is 45.7 Å². The lowest BCUT2D eigenvalue weighted by molar-refractivity contribution is 0.0510. The van der Waals surface area contributed by atoms with E-state index in [0.29, 0.717) is 30.8 Å². The smallest absolute Gasteiger partial charge is 0.338 e. The molecular formula is C17H18O4S. The van der Waals surface area contributed by atoms with E-state index in [9.17, 15) is 9.59 Å². The van der Waals surface area contributed by atoms with Gasteiger partial charge < -0.3 is 9.47 Å². The zero-order valence-corrected chi connectivity index (χ0v) is 13.4. The Hall–Kier alpha value is -2.14. The molecule has 0 aliphatic heterocycles. The summed E-state index contributed by atoms with van der Waals surface area (Å²) in [6, 6.07) is 6.94. The molecule has 0 aliphatic rings. The first-order valence-electron chi connectivity index (χ1n) is 7.14. The van der Waals surface area contributed by atoms with Crippen molar-refractivity contribution in [2.24, 2.45) is 0 Å². The summed E-state index contributed by atoms with van der Waals surface area (Å²) in [5, 5.41) is 4.00. The Bertz CT molecular complexity index is 647. The number of benzene rings is 1. The molecule has 0 amide bonds. The second-order valence-electron chi connectivity index (χ2n) is 4.62. The molecule has 0 aliphatic carbocycles. The Labute approximate surface area is 133 Å². The van der Waals surface area contributed by atoms with E-state index < -0.39 is 0 Å². The molecule has 0 fully saturated rings. The summed E-state index contributed by atoms with van der Waals surface area (Å²) in [5.41, 5.74) is 2.79. The molecular weight excluding hydrogens is 300 g/mol. The van der Waals surface area contributed by atoms with Crippen molar-refractivity contribution < 1.29 is 19.1 Å². The average Bonchev–Trinajstić information content (AvgIpc) is 3.00. The third-order valence-electron chi connectivity index (χ3n) is 3.09. The summed E-state index contributed by atoms with van der Waals surface area (Å²) in [6.45, 7) is 4.16. The Morgan fingerprint density at radius 3 is 2.41 bits per heavy atom. The van der Waals surface area contributed by atoms with E-state index in [1.807, 2.05) is 16.8 Å². The molecule has 4 nitrogen and oxygen atoms in total. The minimum absolute atomic E-state index is 0.316. The fourth-order valence-corrected chi connectivity index (χ4v) is 2.77. The predicted octanol–water partition coefficient (Wildman–Crippen LogP) is 3.69. The molecule has 0 unspecified atom stereocenters. The molecule has 5 heteroatoms. The SMILES string of the molecule is CCOC(=O)c1ccc(C(=O)OCC)c(Cc2ccsc2)c1. The van der Waals surface area contributed by atoms with Crippen LogP contribution in [0.25, 0.3) is 0 Å². The second kappa shape index (κ2) is 7.75. The van der Waals surface area contributed by atoms with Crippen LogP contribution in [0.5, 0.6) is 0 Å². The van der Waals surface area contributed by atoms with Crippen LogP contribution in [0.3, 0.4) is 0 Å². The summed E-state index contributed by atoms with van der Waals surface area (Å²) in [6.07, 6.45) is 0.574. The van der Waals surface area contributed by atoms with Gasteiger partial charge in [0.15, 0.2) is 0 Å².